The molecule has 12 nitrogen and oxygen atoms in total. The number of furan rings is 3. The molecule has 0 atom stereocenters. The fourth-order valence-corrected chi connectivity index (χ4v) is 28.6. The third kappa shape index (κ3) is 14.7. The van der Waals surface area contributed by atoms with E-state index in [1.165, 1.54) is 107 Å². The number of para-hydroxylation sites is 3. The zero-order valence-corrected chi connectivity index (χ0v) is 81.9. The Morgan fingerprint density at radius 2 is 0.382 bits per heavy atom. The first-order valence-electron chi connectivity index (χ1n) is 47.8. The summed E-state index contributed by atoms with van der Waals surface area (Å²) in [4.78, 5) is 46.0. The van der Waals surface area contributed by atoms with Gasteiger partial charge in [0.25, 0.3) is 0 Å². The van der Waals surface area contributed by atoms with Gasteiger partial charge in [0.1, 0.15) is 22.3 Å². The Kier molecular flexibility index (Phi) is 20.7. The van der Waals surface area contributed by atoms with E-state index in [-0.39, 0.29) is 43.5 Å². The van der Waals surface area contributed by atoms with Crippen LogP contribution in [0.2, 0.25) is 0 Å². The first-order valence-corrected chi connectivity index (χ1v) is 53.0. The summed E-state index contributed by atoms with van der Waals surface area (Å²) in [5, 5.41) is 21.3. The van der Waals surface area contributed by atoms with Crippen molar-refractivity contribution in [3.05, 3.63) is 455 Å². The number of rotatable bonds is 12. The van der Waals surface area contributed by atoms with Crippen LogP contribution in [-0.4, -0.2) is 88.4 Å². The average Bonchev–Trinajstić information content (AvgIpc) is 1.43. The van der Waals surface area contributed by atoms with Gasteiger partial charge >= 0.3 is 680 Å². The van der Waals surface area contributed by atoms with E-state index in [4.69, 9.17) is 58.1 Å². The fraction of sp³-hybridized carbons (Fsp3) is 0. The van der Waals surface area contributed by atoms with E-state index in [0.29, 0.717) is 52.4 Å². The topological polar surface area (TPSA) is 155 Å². The molecule has 0 amide bonds. The molecule has 30 aromatic rings. The van der Waals surface area contributed by atoms with Gasteiger partial charge in [-0.2, -0.15) is 0 Å². The van der Waals surface area contributed by atoms with Crippen LogP contribution < -0.4 is 0 Å². The van der Waals surface area contributed by atoms with Crippen molar-refractivity contribution in [3.8, 4) is 136 Å². The SMILES string of the molecule is c1ccc(-c2nc(-c3ccc(-c4cccc5c4[se]c4ccccc45)c4ccccc34)nc(-c3cccc4oc5ccccc5c34)n2)cc1.c1ccc(-c2nc(-c3ccc4c(-c5cccc6c5[se]c5ccccc56)cccc4c3)nc(-c3cccc4oc5ccccc5c34)n2)cc1.c1ccc(-c2nc(-c3cccc4c(-c5cccc6c5[se]c5ccccc56)cccc34)nc(-c3cccc4oc5ccccc5c34)n2)cc1. The molecule has 0 spiro atoms. The Balaban J connectivity index is 0.000000105. The second-order valence-corrected chi connectivity index (χ2v) is 42.5. The van der Waals surface area contributed by atoms with Gasteiger partial charge in [-0.1, -0.05) is 91.0 Å². The number of nitrogens with zero attached hydrogens (tertiary/aromatic N) is 9. The van der Waals surface area contributed by atoms with Crippen molar-refractivity contribution in [2.75, 3.05) is 0 Å². The van der Waals surface area contributed by atoms with Gasteiger partial charge in [0.15, 0.2) is 0 Å². The van der Waals surface area contributed by atoms with E-state index in [1.54, 1.807) is 0 Å². The minimum absolute atomic E-state index is 0.244. The first kappa shape index (κ1) is 84.5. The summed E-state index contributed by atoms with van der Waals surface area (Å²) < 4.78 is 27.4. The van der Waals surface area contributed by atoms with Crippen LogP contribution in [0.3, 0.4) is 0 Å². The zero-order chi connectivity index (χ0) is 94.8. The van der Waals surface area contributed by atoms with Gasteiger partial charge in [0.05, 0.1) is 0 Å². The maximum atomic E-state index is 6.24. The van der Waals surface area contributed by atoms with Crippen LogP contribution in [0.25, 0.3) is 292 Å². The molecule has 144 heavy (non-hydrogen) atoms. The molecule has 9 aromatic heterocycles. The summed E-state index contributed by atoms with van der Waals surface area (Å²) in [6, 6.07) is 159. The molecular formula is C129H75N9O3Se3. The molecule has 21 aromatic carbocycles. The predicted molar refractivity (Wildman–Crippen MR) is 595 cm³/mol. The van der Waals surface area contributed by atoms with E-state index in [2.05, 4.69) is 273 Å². The molecular weight excluding hydrogens is 1960 g/mol. The van der Waals surface area contributed by atoms with Crippen molar-refractivity contribution in [1.29, 1.82) is 0 Å². The van der Waals surface area contributed by atoms with Crippen LogP contribution in [0.5, 0.6) is 0 Å². The van der Waals surface area contributed by atoms with Gasteiger partial charge in [-0.3, -0.25) is 0 Å². The summed E-state index contributed by atoms with van der Waals surface area (Å²) in [6.45, 7) is 0. The predicted octanol–water partition coefficient (Wildman–Crippen LogP) is 32.9. The molecule has 0 saturated carbocycles. The monoisotopic (exact) mass is 2040 g/mol. The minimum atomic E-state index is 0.244. The van der Waals surface area contributed by atoms with E-state index >= 15 is 0 Å². The first-order chi connectivity index (χ1) is 71.4. The second-order valence-electron chi connectivity index (χ2n) is 35.8. The normalized spacial score (nSPS) is 11.8. The van der Waals surface area contributed by atoms with Crippen LogP contribution in [0.1, 0.15) is 0 Å². The fourth-order valence-electron chi connectivity index (χ4n) is 20.9. The van der Waals surface area contributed by atoms with E-state index in [0.717, 1.165) is 132 Å². The molecule has 0 N–H and O–H groups in total. The number of hydrogen-bond donors (Lipinski definition) is 0. The molecule has 0 aliphatic carbocycles. The Morgan fingerprint density at radius 3 is 0.778 bits per heavy atom. The van der Waals surface area contributed by atoms with Crippen LogP contribution in [-0.2, 0) is 0 Å². The Bertz CT molecular complexity index is 10100. The molecule has 672 valence electrons. The van der Waals surface area contributed by atoms with Crippen LogP contribution in [0, 0.1) is 0 Å². The summed E-state index contributed by atoms with van der Waals surface area (Å²) in [5.74, 6) is 5.67. The Labute approximate surface area is 841 Å². The van der Waals surface area contributed by atoms with Crippen molar-refractivity contribution < 1.29 is 13.3 Å². The van der Waals surface area contributed by atoms with Gasteiger partial charge in [-0.25, -0.2) is 0 Å². The standard InChI is InChI=1S/3C43H25N3OSe/c1-2-12-26(13-3-1)41-44-42(46-43(45-41)35-22-11-24-37-39(35)34-15-4-6-23-36(34)47-37)33-21-9-16-27-28(17-8-18-29(27)33)31-19-10-20-32-30-14-5-7-25-38(30)48-40(31)32;1-2-11-26(12-3-1)41-44-42(46-43(45-41)35-19-10-21-37-39(35)34-15-4-6-20-36(34)47-37)28-23-24-29-27(25-28)13-8-16-30(29)32-17-9-18-33-31-14-5-7-22-38(31)48-40(32)33;1-2-12-26(13-3-1)41-44-42(46-43(45-41)35-20-11-22-37-39(35)34-17-6-8-21-36(34)47-37)33-25-24-29(27-14-4-5-15-28(27)33)31-18-10-19-32-30-16-7-9-23-38(30)48-40(31)32/h3*1-25H. The number of benzene rings is 21. The quantitative estimate of drug-likeness (QED) is 0.107. The number of hydrogen-bond acceptors (Lipinski definition) is 12. The van der Waals surface area contributed by atoms with Gasteiger partial charge in [0.2, 0.25) is 0 Å². The summed E-state index contributed by atoms with van der Waals surface area (Å²) in [7, 11) is 0. The molecule has 0 radical (unpaired) electrons. The van der Waals surface area contributed by atoms with Crippen LogP contribution >= 0.6 is 0 Å². The molecule has 0 bridgehead atoms. The summed E-state index contributed by atoms with van der Waals surface area (Å²) >= 11 is 0.755. The van der Waals surface area contributed by atoms with Crippen molar-refractivity contribution >= 4 is 200 Å². The van der Waals surface area contributed by atoms with Crippen molar-refractivity contribution in [2.24, 2.45) is 0 Å². The Morgan fingerprint density at radius 1 is 0.139 bits per heavy atom. The van der Waals surface area contributed by atoms with Crippen molar-refractivity contribution in [1.82, 2.24) is 44.9 Å². The van der Waals surface area contributed by atoms with Crippen LogP contribution in [0.4, 0.5) is 0 Å². The molecule has 0 saturated heterocycles. The summed E-state index contributed by atoms with van der Waals surface area (Å²) in [6.07, 6.45) is 0. The average molecular weight is 2040 g/mol. The molecule has 30 rings (SSSR count). The van der Waals surface area contributed by atoms with Gasteiger partial charge < -0.3 is 13.3 Å². The number of fused-ring (bicyclic) bond motifs is 21. The van der Waals surface area contributed by atoms with Crippen molar-refractivity contribution in [3.63, 3.8) is 0 Å². The summed E-state index contributed by atoms with van der Waals surface area (Å²) in [5.41, 5.74) is 21.1. The molecule has 9 heterocycles. The second kappa shape index (κ2) is 35.3. The van der Waals surface area contributed by atoms with Crippen LogP contribution in [0.15, 0.2) is 468 Å². The van der Waals surface area contributed by atoms with E-state index < -0.39 is 0 Å². The van der Waals surface area contributed by atoms with Gasteiger partial charge in [0, 0.05) is 5.39 Å². The number of aromatic nitrogens is 9. The third-order valence-electron chi connectivity index (χ3n) is 27.5. The molecule has 0 fully saturated rings. The third-order valence-corrected chi connectivity index (χ3v) is 35.2. The van der Waals surface area contributed by atoms with Crippen molar-refractivity contribution in [2.45, 2.75) is 0 Å². The van der Waals surface area contributed by atoms with Gasteiger partial charge in [-0.05, 0) is 36.4 Å². The maximum absolute atomic E-state index is 6.24. The van der Waals surface area contributed by atoms with E-state index in [1.807, 2.05) is 182 Å². The van der Waals surface area contributed by atoms with Gasteiger partial charge in [-0.15, -0.1) is 0 Å². The van der Waals surface area contributed by atoms with E-state index in [9.17, 15) is 0 Å². The molecule has 0 aliphatic rings. The Hall–Kier alpha value is -17.6. The molecule has 0 aliphatic heterocycles. The molecule has 15 heteroatoms. The molecule has 0 unspecified atom stereocenters. The zero-order valence-electron chi connectivity index (χ0n) is 76.8.